The molecule has 1 aromatic carbocycles. The number of carbonyl (C=O) groups is 2. The lowest BCUT2D eigenvalue weighted by atomic mass is 9.81. The molecule has 5 nitrogen and oxygen atoms in total. The molecule has 1 fully saturated rings. The van der Waals surface area contributed by atoms with E-state index in [9.17, 15) is 9.59 Å². The van der Waals surface area contributed by atoms with Crippen LogP contribution in [-0.4, -0.2) is 39.2 Å². The van der Waals surface area contributed by atoms with Gasteiger partial charge < -0.3 is 14.4 Å². The van der Waals surface area contributed by atoms with Crippen molar-refractivity contribution in [1.29, 1.82) is 0 Å². The minimum Gasteiger partial charge on any atom is -0.466 e. The van der Waals surface area contributed by atoms with E-state index in [0.29, 0.717) is 13.2 Å². The van der Waals surface area contributed by atoms with Crippen molar-refractivity contribution in [2.24, 2.45) is 5.41 Å². The molecule has 124 valence electrons. The molecule has 0 unspecified atom stereocenters. The highest BCUT2D eigenvalue weighted by atomic mass is 16.5. The first-order chi connectivity index (χ1) is 11.0. The molecule has 5 heteroatoms. The first-order valence-corrected chi connectivity index (χ1v) is 7.68. The van der Waals surface area contributed by atoms with Gasteiger partial charge in [-0.1, -0.05) is 19.1 Å². The zero-order valence-corrected chi connectivity index (χ0v) is 13.9. The Morgan fingerprint density at radius 3 is 2.65 bits per heavy atom. The zero-order chi connectivity index (χ0) is 16.9. The fourth-order valence-corrected chi connectivity index (χ4v) is 2.63. The SMILES string of the molecule is COC(=O)/C=C/c1cccc(N(C)C(=O)C2(C)CCOCC2)c1. The van der Waals surface area contributed by atoms with Crippen LogP contribution in [0.1, 0.15) is 25.3 Å². The van der Waals surface area contributed by atoms with Gasteiger partial charge in [0.1, 0.15) is 0 Å². The number of ether oxygens (including phenoxy) is 2. The highest BCUT2D eigenvalue weighted by Gasteiger charge is 2.37. The van der Waals surface area contributed by atoms with Crippen molar-refractivity contribution in [2.45, 2.75) is 19.8 Å². The van der Waals surface area contributed by atoms with E-state index in [1.54, 1.807) is 18.0 Å². The monoisotopic (exact) mass is 317 g/mol. The van der Waals surface area contributed by atoms with Gasteiger partial charge in [0, 0.05) is 32.0 Å². The van der Waals surface area contributed by atoms with Crippen molar-refractivity contribution in [1.82, 2.24) is 0 Å². The molecule has 0 N–H and O–H groups in total. The fraction of sp³-hybridized carbons (Fsp3) is 0.444. The standard InChI is InChI=1S/C18H23NO4/c1-18(9-11-23-12-10-18)17(21)19(2)15-6-4-5-14(13-15)7-8-16(20)22-3/h4-8,13H,9-12H2,1-3H3/b8-7+. The van der Waals surface area contributed by atoms with Gasteiger partial charge in [-0.25, -0.2) is 4.79 Å². The Morgan fingerprint density at radius 1 is 1.30 bits per heavy atom. The number of esters is 1. The van der Waals surface area contributed by atoms with Crippen molar-refractivity contribution < 1.29 is 19.1 Å². The lowest BCUT2D eigenvalue weighted by molar-refractivity contribution is -0.134. The maximum Gasteiger partial charge on any atom is 0.330 e. The Morgan fingerprint density at radius 2 is 2.00 bits per heavy atom. The summed E-state index contributed by atoms with van der Waals surface area (Å²) in [6.07, 6.45) is 4.50. The van der Waals surface area contributed by atoms with Crippen LogP contribution in [0.5, 0.6) is 0 Å². The van der Waals surface area contributed by atoms with E-state index in [4.69, 9.17) is 4.74 Å². The van der Waals surface area contributed by atoms with Crippen molar-refractivity contribution in [3.05, 3.63) is 35.9 Å². The van der Waals surface area contributed by atoms with E-state index in [2.05, 4.69) is 4.74 Å². The Bertz CT molecular complexity index is 603. The van der Waals surface area contributed by atoms with Gasteiger partial charge in [0.2, 0.25) is 5.91 Å². The number of benzene rings is 1. The first kappa shape index (κ1) is 17.2. The van der Waals surface area contributed by atoms with E-state index >= 15 is 0 Å². The van der Waals surface area contributed by atoms with Crippen molar-refractivity contribution in [2.75, 3.05) is 32.3 Å². The van der Waals surface area contributed by atoms with Crippen molar-refractivity contribution in [3.8, 4) is 0 Å². The highest BCUT2D eigenvalue weighted by molar-refractivity contribution is 5.97. The Balaban J connectivity index is 2.15. The first-order valence-electron chi connectivity index (χ1n) is 7.68. The molecule has 0 radical (unpaired) electrons. The van der Waals surface area contributed by atoms with Gasteiger partial charge in [-0.2, -0.15) is 0 Å². The zero-order valence-electron chi connectivity index (χ0n) is 13.9. The van der Waals surface area contributed by atoms with E-state index in [0.717, 1.165) is 24.1 Å². The van der Waals surface area contributed by atoms with Crippen LogP contribution in [0.15, 0.2) is 30.3 Å². The molecule has 0 aliphatic carbocycles. The third-order valence-corrected chi connectivity index (χ3v) is 4.29. The molecule has 1 amide bonds. The summed E-state index contributed by atoms with van der Waals surface area (Å²) in [5.74, 6) is -0.315. The molecule has 1 aliphatic rings. The molecule has 1 aromatic rings. The number of rotatable bonds is 4. The normalized spacial score (nSPS) is 17.0. The van der Waals surface area contributed by atoms with Gasteiger partial charge >= 0.3 is 5.97 Å². The average molecular weight is 317 g/mol. The molecule has 0 saturated carbocycles. The molecule has 1 heterocycles. The summed E-state index contributed by atoms with van der Waals surface area (Å²) in [6.45, 7) is 3.24. The summed E-state index contributed by atoms with van der Waals surface area (Å²) in [4.78, 5) is 25.7. The fourth-order valence-electron chi connectivity index (χ4n) is 2.63. The van der Waals surface area contributed by atoms with E-state index in [1.807, 2.05) is 31.2 Å². The second-order valence-electron chi connectivity index (χ2n) is 5.99. The van der Waals surface area contributed by atoms with Gasteiger partial charge in [0.05, 0.1) is 12.5 Å². The Labute approximate surface area is 136 Å². The number of methoxy groups -OCH3 is 1. The summed E-state index contributed by atoms with van der Waals surface area (Å²) in [6, 6.07) is 7.50. The topological polar surface area (TPSA) is 55.8 Å². The largest absolute Gasteiger partial charge is 0.466 e. The Hall–Kier alpha value is -2.14. The number of carbonyl (C=O) groups excluding carboxylic acids is 2. The highest BCUT2D eigenvalue weighted by Crippen LogP contribution is 2.33. The number of hydrogen-bond donors (Lipinski definition) is 0. The number of hydrogen-bond acceptors (Lipinski definition) is 4. The van der Waals surface area contributed by atoms with E-state index in [-0.39, 0.29) is 11.3 Å². The van der Waals surface area contributed by atoms with Gasteiger partial charge in [-0.05, 0) is 36.6 Å². The van der Waals surface area contributed by atoms with Gasteiger partial charge in [-0.3, -0.25) is 4.79 Å². The van der Waals surface area contributed by atoms with Crippen LogP contribution in [0.2, 0.25) is 0 Å². The minimum atomic E-state index is -0.408. The number of amides is 1. The van der Waals surface area contributed by atoms with Crippen LogP contribution in [0, 0.1) is 5.41 Å². The maximum absolute atomic E-state index is 12.8. The molecular formula is C18H23NO4. The van der Waals surface area contributed by atoms with Crippen LogP contribution >= 0.6 is 0 Å². The van der Waals surface area contributed by atoms with Gasteiger partial charge in [0.25, 0.3) is 0 Å². The average Bonchev–Trinajstić information content (AvgIpc) is 2.59. The van der Waals surface area contributed by atoms with Crippen LogP contribution in [-0.2, 0) is 19.1 Å². The Kier molecular flexibility index (Phi) is 5.55. The van der Waals surface area contributed by atoms with Crippen molar-refractivity contribution >= 4 is 23.6 Å². The summed E-state index contributed by atoms with van der Waals surface area (Å²) in [7, 11) is 3.12. The van der Waals surface area contributed by atoms with Gasteiger partial charge in [-0.15, -0.1) is 0 Å². The van der Waals surface area contributed by atoms with Crippen LogP contribution in [0.3, 0.4) is 0 Å². The second-order valence-corrected chi connectivity index (χ2v) is 5.99. The third-order valence-electron chi connectivity index (χ3n) is 4.29. The summed E-state index contributed by atoms with van der Waals surface area (Å²) < 4.78 is 9.94. The molecule has 0 aromatic heterocycles. The molecule has 2 rings (SSSR count). The van der Waals surface area contributed by atoms with Crippen molar-refractivity contribution in [3.63, 3.8) is 0 Å². The predicted molar refractivity (Wildman–Crippen MR) is 89.1 cm³/mol. The van der Waals surface area contributed by atoms with Crippen LogP contribution in [0.25, 0.3) is 6.08 Å². The van der Waals surface area contributed by atoms with E-state index in [1.165, 1.54) is 13.2 Å². The smallest absolute Gasteiger partial charge is 0.330 e. The second kappa shape index (κ2) is 7.42. The molecule has 1 saturated heterocycles. The summed E-state index contributed by atoms with van der Waals surface area (Å²) in [5, 5.41) is 0. The van der Waals surface area contributed by atoms with E-state index < -0.39 is 5.97 Å². The van der Waals surface area contributed by atoms with Gasteiger partial charge in [0.15, 0.2) is 0 Å². The lowest BCUT2D eigenvalue weighted by Crippen LogP contribution is -2.43. The molecular weight excluding hydrogens is 294 g/mol. The predicted octanol–water partition coefficient (Wildman–Crippen LogP) is 2.65. The summed E-state index contributed by atoms with van der Waals surface area (Å²) >= 11 is 0. The molecule has 0 bridgehead atoms. The van der Waals surface area contributed by atoms with Crippen LogP contribution < -0.4 is 4.90 Å². The number of nitrogens with zero attached hydrogens (tertiary/aromatic N) is 1. The maximum atomic E-state index is 12.8. The summed E-state index contributed by atoms with van der Waals surface area (Å²) in [5.41, 5.74) is 1.25. The third kappa shape index (κ3) is 4.20. The quantitative estimate of drug-likeness (QED) is 0.633. The molecule has 23 heavy (non-hydrogen) atoms. The molecule has 0 atom stereocenters. The van der Waals surface area contributed by atoms with Crippen LogP contribution in [0.4, 0.5) is 5.69 Å². The minimum absolute atomic E-state index is 0.0925. The molecule has 1 aliphatic heterocycles. The molecule has 0 spiro atoms. The number of anilines is 1. The lowest BCUT2D eigenvalue weighted by Gasteiger charge is -2.35.